The molecule has 0 aliphatic heterocycles. The minimum Gasteiger partial charge on any atom is -0.462 e. The van der Waals surface area contributed by atoms with Crippen LogP contribution in [0.15, 0.2) is 85.0 Å². The van der Waals surface area contributed by atoms with Crippen molar-refractivity contribution >= 4 is 17.5 Å². The lowest BCUT2D eigenvalue weighted by atomic mass is 9.84. The van der Waals surface area contributed by atoms with Gasteiger partial charge in [0.25, 0.3) is 6.08 Å². The molecule has 224 valence electrons. The topological polar surface area (TPSA) is 93.1 Å². The molecule has 0 saturated carbocycles. The molecule has 1 aliphatic rings. The van der Waals surface area contributed by atoms with Crippen LogP contribution in [0.1, 0.15) is 48.8 Å². The molecular formula is C34H38F2O6. The summed E-state index contributed by atoms with van der Waals surface area (Å²) < 4.78 is 35.0. The van der Waals surface area contributed by atoms with E-state index in [1.54, 1.807) is 0 Å². The minimum atomic E-state index is -1.61. The largest absolute Gasteiger partial charge is 0.462 e. The lowest BCUT2D eigenvalue weighted by Crippen LogP contribution is -2.13. The van der Waals surface area contributed by atoms with Crippen molar-refractivity contribution in [3.63, 3.8) is 0 Å². The summed E-state index contributed by atoms with van der Waals surface area (Å²) in [6.07, 6.45) is 6.43. The molecule has 0 amide bonds. The van der Waals surface area contributed by atoms with Crippen LogP contribution >= 0.6 is 0 Å². The number of carbonyl (C=O) groups excluding carboxylic acids is 2. The first-order valence-corrected chi connectivity index (χ1v) is 14.1. The Morgan fingerprint density at radius 2 is 1.40 bits per heavy atom. The zero-order valence-electron chi connectivity index (χ0n) is 23.7. The molecule has 0 fully saturated rings. The quantitative estimate of drug-likeness (QED) is 0.188. The third-order valence-electron chi connectivity index (χ3n) is 7.24. The summed E-state index contributed by atoms with van der Waals surface area (Å²) in [6, 6.07) is 14.3. The number of ether oxygens (including phenoxy) is 2. The van der Waals surface area contributed by atoms with Crippen molar-refractivity contribution in [1.82, 2.24) is 0 Å². The maximum absolute atomic E-state index is 12.3. The van der Waals surface area contributed by atoms with E-state index in [9.17, 15) is 18.4 Å². The van der Waals surface area contributed by atoms with E-state index in [1.807, 2.05) is 18.2 Å². The Morgan fingerprint density at radius 3 is 1.88 bits per heavy atom. The zero-order chi connectivity index (χ0) is 30.5. The normalized spacial score (nSPS) is 14.5. The highest BCUT2D eigenvalue weighted by Crippen LogP contribution is 2.34. The first kappa shape index (κ1) is 32.6. The van der Waals surface area contributed by atoms with Crippen LogP contribution in [0.2, 0.25) is 0 Å². The molecule has 2 N–H and O–H groups in total. The average molecular weight is 581 g/mol. The van der Waals surface area contributed by atoms with E-state index in [1.165, 1.54) is 5.57 Å². The maximum atomic E-state index is 12.3. The second-order valence-electron chi connectivity index (χ2n) is 10.4. The van der Waals surface area contributed by atoms with Crippen LogP contribution in [0.25, 0.3) is 16.7 Å². The van der Waals surface area contributed by atoms with Gasteiger partial charge in [-0.05, 0) is 77.5 Å². The van der Waals surface area contributed by atoms with Gasteiger partial charge in [0.1, 0.15) is 0 Å². The minimum absolute atomic E-state index is 0.0104. The molecule has 42 heavy (non-hydrogen) atoms. The van der Waals surface area contributed by atoms with E-state index >= 15 is 0 Å². The lowest BCUT2D eigenvalue weighted by Gasteiger charge is -2.22. The fourth-order valence-corrected chi connectivity index (χ4v) is 4.79. The third kappa shape index (κ3) is 10.2. The standard InChI is InChI=1S/C34H38F2O6/c1-23(21-37)33(39)41-16-14-26-18-27(15-17-42-34(40)24(2)22-38)20-31(19-26)30-12-10-29(11-13-30)28-8-6-25(7-9-28)4-3-5-32(35)36/h5,8,10-13,18-20,25,37-38H,1-4,6-7,9,14-17,21-22H2. The fourth-order valence-electron chi connectivity index (χ4n) is 4.79. The molecule has 0 spiro atoms. The summed E-state index contributed by atoms with van der Waals surface area (Å²) in [5.41, 5.74) is 6.16. The van der Waals surface area contributed by atoms with Gasteiger partial charge in [-0.25, -0.2) is 9.59 Å². The van der Waals surface area contributed by atoms with Gasteiger partial charge in [-0.1, -0.05) is 61.7 Å². The van der Waals surface area contributed by atoms with Crippen LogP contribution in [0.5, 0.6) is 0 Å². The number of benzene rings is 2. The van der Waals surface area contributed by atoms with E-state index < -0.39 is 31.2 Å². The van der Waals surface area contributed by atoms with Gasteiger partial charge >= 0.3 is 11.9 Å². The van der Waals surface area contributed by atoms with Gasteiger partial charge in [0.15, 0.2) is 0 Å². The van der Waals surface area contributed by atoms with Crippen LogP contribution in [-0.2, 0) is 31.9 Å². The average Bonchev–Trinajstić information content (AvgIpc) is 3.00. The second-order valence-corrected chi connectivity index (χ2v) is 10.4. The summed E-state index contributed by atoms with van der Waals surface area (Å²) in [7, 11) is 0. The van der Waals surface area contributed by atoms with Gasteiger partial charge < -0.3 is 19.7 Å². The van der Waals surface area contributed by atoms with Gasteiger partial charge in [0.05, 0.1) is 37.6 Å². The number of halogens is 2. The van der Waals surface area contributed by atoms with Crippen molar-refractivity contribution in [2.24, 2.45) is 5.92 Å². The summed E-state index contributed by atoms with van der Waals surface area (Å²) in [5.74, 6) is -0.865. The number of esters is 2. The van der Waals surface area contributed by atoms with Gasteiger partial charge in [-0.15, -0.1) is 0 Å². The lowest BCUT2D eigenvalue weighted by molar-refractivity contribution is -0.140. The molecule has 1 unspecified atom stereocenters. The molecule has 8 heteroatoms. The van der Waals surface area contributed by atoms with E-state index in [4.69, 9.17) is 19.7 Å². The van der Waals surface area contributed by atoms with Crippen molar-refractivity contribution in [2.45, 2.75) is 44.9 Å². The molecule has 2 aromatic carbocycles. The molecule has 0 heterocycles. The van der Waals surface area contributed by atoms with E-state index in [-0.39, 0.29) is 24.4 Å². The number of aliphatic hydroxyl groups excluding tert-OH is 2. The Labute approximate surface area is 245 Å². The molecule has 2 aromatic rings. The molecular weight excluding hydrogens is 542 g/mol. The Bertz CT molecular complexity index is 1270. The van der Waals surface area contributed by atoms with Crippen LogP contribution in [-0.4, -0.2) is 48.6 Å². The van der Waals surface area contributed by atoms with Crippen molar-refractivity contribution in [3.05, 3.63) is 102 Å². The first-order valence-electron chi connectivity index (χ1n) is 14.1. The maximum Gasteiger partial charge on any atom is 0.335 e. The molecule has 1 aliphatic carbocycles. The van der Waals surface area contributed by atoms with E-state index in [0.717, 1.165) is 59.6 Å². The van der Waals surface area contributed by atoms with E-state index in [2.05, 4.69) is 43.5 Å². The molecule has 0 saturated heterocycles. The van der Waals surface area contributed by atoms with Crippen LogP contribution in [0.4, 0.5) is 8.78 Å². The van der Waals surface area contributed by atoms with Crippen LogP contribution in [0, 0.1) is 5.92 Å². The highest BCUT2D eigenvalue weighted by atomic mass is 19.3. The third-order valence-corrected chi connectivity index (χ3v) is 7.24. The highest BCUT2D eigenvalue weighted by molar-refractivity contribution is 5.88. The van der Waals surface area contributed by atoms with Crippen LogP contribution in [0.3, 0.4) is 0 Å². The SMILES string of the molecule is C=C(CO)C(=O)OCCc1cc(CCOC(=O)C(=C)CO)cc(-c2ccc(C3=CCC(CCC=C(F)F)CC3)cc2)c1. The summed E-state index contributed by atoms with van der Waals surface area (Å²) >= 11 is 0. The molecule has 3 rings (SSSR count). The van der Waals surface area contributed by atoms with Gasteiger partial charge in [0.2, 0.25) is 0 Å². The Kier molecular flexibility index (Phi) is 12.8. The summed E-state index contributed by atoms with van der Waals surface area (Å²) in [5, 5.41) is 18.1. The molecule has 1 atom stereocenters. The molecule has 0 radical (unpaired) electrons. The van der Waals surface area contributed by atoms with Crippen molar-refractivity contribution < 1.29 is 38.1 Å². The van der Waals surface area contributed by atoms with Crippen molar-refractivity contribution in [2.75, 3.05) is 26.4 Å². The van der Waals surface area contributed by atoms with E-state index in [0.29, 0.717) is 25.2 Å². The van der Waals surface area contributed by atoms with Gasteiger partial charge in [-0.2, -0.15) is 8.78 Å². The van der Waals surface area contributed by atoms with Crippen LogP contribution < -0.4 is 0 Å². The second kappa shape index (κ2) is 16.5. The van der Waals surface area contributed by atoms with Gasteiger partial charge in [0, 0.05) is 12.8 Å². The molecule has 6 nitrogen and oxygen atoms in total. The van der Waals surface area contributed by atoms with Crippen molar-refractivity contribution in [3.8, 4) is 11.1 Å². The number of allylic oxidation sites excluding steroid dienone is 3. The fraction of sp³-hybridized carbons (Fsp3) is 0.353. The Hall–Kier alpha value is -3.88. The summed E-state index contributed by atoms with van der Waals surface area (Å²) in [6.45, 7) is 6.24. The van der Waals surface area contributed by atoms with Crippen molar-refractivity contribution in [1.29, 1.82) is 0 Å². The summed E-state index contributed by atoms with van der Waals surface area (Å²) in [4.78, 5) is 23.7. The zero-order valence-corrected chi connectivity index (χ0v) is 23.7. The first-order chi connectivity index (χ1) is 20.2. The number of rotatable bonds is 15. The predicted octanol–water partition coefficient (Wildman–Crippen LogP) is 6.37. The number of hydrogen-bond acceptors (Lipinski definition) is 6. The monoisotopic (exact) mass is 580 g/mol. The molecule has 0 aromatic heterocycles. The molecule has 0 bridgehead atoms. The number of carbonyl (C=O) groups is 2. The Balaban J connectivity index is 1.72. The smallest absolute Gasteiger partial charge is 0.335 e. The Morgan fingerprint density at radius 1 is 0.857 bits per heavy atom. The predicted molar refractivity (Wildman–Crippen MR) is 159 cm³/mol. The van der Waals surface area contributed by atoms with Gasteiger partial charge in [-0.3, -0.25) is 0 Å². The number of aliphatic hydroxyl groups is 2. The highest BCUT2D eigenvalue weighted by Gasteiger charge is 2.16. The number of hydrogen-bond donors (Lipinski definition) is 2.